The van der Waals surface area contributed by atoms with Gasteiger partial charge in [-0.3, -0.25) is 0 Å². The molecule has 5 rings (SSSR count). The Balaban J connectivity index is 1.89. The summed E-state index contributed by atoms with van der Waals surface area (Å²) in [6, 6.07) is 27.8. The number of pyridine rings is 1. The Labute approximate surface area is 161 Å². The molecular weight excluding hydrogens is 346 g/mol. The van der Waals surface area contributed by atoms with Crippen molar-refractivity contribution in [3.63, 3.8) is 0 Å². The number of benzene rings is 3. The molecule has 28 heavy (non-hydrogen) atoms. The van der Waals surface area contributed by atoms with Crippen LogP contribution >= 0.6 is 0 Å². The average Bonchev–Trinajstić information content (AvgIpc) is 2.73. The number of rotatable bonds is 2. The molecule has 0 aliphatic heterocycles. The predicted octanol–water partition coefficient (Wildman–Crippen LogP) is 5.98. The highest BCUT2D eigenvalue weighted by Gasteiger charge is 2.13. The van der Waals surface area contributed by atoms with E-state index in [-0.39, 0.29) is 5.63 Å². The smallest absolute Gasteiger partial charge is 0.336 e. The summed E-state index contributed by atoms with van der Waals surface area (Å²) in [4.78, 5) is 16.6. The van der Waals surface area contributed by atoms with Crippen molar-refractivity contribution in [2.24, 2.45) is 0 Å². The second kappa shape index (κ2) is 6.46. The monoisotopic (exact) mass is 363 g/mol. The van der Waals surface area contributed by atoms with Crippen LogP contribution in [0.15, 0.2) is 94.1 Å². The summed E-state index contributed by atoms with van der Waals surface area (Å²) in [6.07, 6.45) is 0. The minimum atomic E-state index is -0.350. The van der Waals surface area contributed by atoms with E-state index in [0.717, 1.165) is 38.7 Å². The lowest BCUT2D eigenvalue weighted by Crippen LogP contribution is -1.96. The first-order valence-corrected chi connectivity index (χ1v) is 9.19. The third-order valence-corrected chi connectivity index (χ3v) is 5.00. The molecule has 5 aromatic rings. The Morgan fingerprint density at radius 2 is 1.57 bits per heavy atom. The minimum Gasteiger partial charge on any atom is -0.423 e. The van der Waals surface area contributed by atoms with Gasteiger partial charge in [0, 0.05) is 22.4 Å². The highest BCUT2D eigenvalue weighted by Crippen LogP contribution is 2.36. The molecule has 0 spiro atoms. The number of hydrogen-bond acceptors (Lipinski definition) is 3. The fraction of sp³-hybridized carbons (Fsp3) is 0.0400. The van der Waals surface area contributed by atoms with Crippen LogP contribution < -0.4 is 5.63 Å². The lowest BCUT2D eigenvalue weighted by atomic mass is 9.96. The lowest BCUT2D eigenvalue weighted by Gasteiger charge is -2.12. The quantitative estimate of drug-likeness (QED) is 0.286. The summed E-state index contributed by atoms with van der Waals surface area (Å²) in [5.74, 6) is 0. The number of fused-ring (bicyclic) bond motifs is 3. The van der Waals surface area contributed by atoms with Crippen LogP contribution in [-0.4, -0.2) is 4.98 Å². The van der Waals surface area contributed by atoms with Gasteiger partial charge in [0.25, 0.3) is 0 Å². The fourth-order valence-electron chi connectivity index (χ4n) is 3.60. The molecule has 2 aromatic heterocycles. The molecule has 0 unspecified atom stereocenters. The van der Waals surface area contributed by atoms with E-state index in [9.17, 15) is 4.79 Å². The van der Waals surface area contributed by atoms with E-state index in [4.69, 9.17) is 9.40 Å². The second-order valence-corrected chi connectivity index (χ2v) is 6.91. The van der Waals surface area contributed by atoms with E-state index < -0.39 is 0 Å². The molecular formula is C25H17NO2. The molecule has 0 fully saturated rings. The maximum atomic E-state index is 11.7. The summed E-state index contributed by atoms with van der Waals surface area (Å²) in [5, 5.41) is 1.88. The van der Waals surface area contributed by atoms with Crippen molar-refractivity contribution in [3.05, 3.63) is 101 Å². The van der Waals surface area contributed by atoms with Gasteiger partial charge in [0.1, 0.15) is 5.58 Å². The number of nitrogens with zero attached hydrogens (tertiary/aromatic N) is 1. The van der Waals surface area contributed by atoms with Crippen LogP contribution in [-0.2, 0) is 0 Å². The number of hydrogen-bond donors (Lipinski definition) is 0. The van der Waals surface area contributed by atoms with E-state index in [1.807, 2.05) is 36.4 Å². The zero-order chi connectivity index (χ0) is 19.1. The third kappa shape index (κ3) is 2.78. The first-order valence-electron chi connectivity index (χ1n) is 9.19. The van der Waals surface area contributed by atoms with Crippen LogP contribution in [0.2, 0.25) is 0 Å². The molecule has 134 valence electrons. The SMILES string of the molecule is Cc1ccc(-c2cc(-c3ccccc3)c3c(ccc4oc(=O)ccc43)n2)cc1. The average molecular weight is 363 g/mol. The Morgan fingerprint density at radius 3 is 2.36 bits per heavy atom. The van der Waals surface area contributed by atoms with E-state index in [1.165, 1.54) is 11.6 Å². The van der Waals surface area contributed by atoms with Crippen LogP contribution in [0.3, 0.4) is 0 Å². The molecule has 3 nitrogen and oxygen atoms in total. The first kappa shape index (κ1) is 16.5. The summed E-state index contributed by atoms with van der Waals surface area (Å²) in [6.45, 7) is 2.08. The lowest BCUT2D eigenvalue weighted by molar-refractivity contribution is 0.561. The molecule has 0 N–H and O–H groups in total. The second-order valence-electron chi connectivity index (χ2n) is 6.91. The van der Waals surface area contributed by atoms with Crippen LogP contribution in [0, 0.1) is 6.92 Å². The molecule has 0 aliphatic carbocycles. The molecule has 0 amide bonds. The van der Waals surface area contributed by atoms with Crippen molar-refractivity contribution in [1.82, 2.24) is 4.98 Å². The van der Waals surface area contributed by atoms with Crippen molar-refractivity contribution < 1.29 is 4.42 Å². The molecule has 0 aliphatic rings. The molecule has 0 saturated carbocycles. The molecule has 0 saturated heterocycles. The maximum absolute atomic E-state index is 11.7. The van der Waals surface area contributed by atoms with Gasteiger partial charge in [-0.15, -0.1) is 0 Å². The molecule has 0 atom stereocenters. The van der Waals surface area contributed by atoms with Crippen LogP contribution in [0.25, 0.3) is 44.3 Å². The summed E-state index contributed by atoms with van der Waals surface area (Å²) in [7, 11) is 0. The van der Waals surface area contributed by atoms with Gasteiger partial charge in [0.2, 0.25) is 0 Å². The van der Waals surface area contributed by atoms with Crippen molar-refractivity contribution in [2.75, 3.05) is 0 Å². The zero-order valence-corrected chi connectivity index (χ0v) is 15.3. The number of aryl methyl sites for hydroxylation is 1. The fourth-order valence-corrected chi connectivity index (χ4v) is 3.60. The van der Waals surface area contributed by atoms with Gasteiger partial charge >= 0.3 is 5.63 Å². The Morgan fingerprint density at radius 1 is 0.786 bits per heavy atom. The maximum Gasteiger partial charge on any atom is 0.336 e. The van der Waals surface area contributed by atoms with E-state index in [0.29, 0.717) is 5.58 Å². The van der Waals surface area contributed by atoms with Gasteiger partial charge in [0.15, 0.2) is 0 Å². The molecule has 0 bridgehead atoms. The number of aromatic nitrogens is 1. The van der Waals surface area contributed by atoms with E-state index in [2.05, 4.69) is 49.4 Å². The van der Waals surface area contributed by atoms with E-state index in [1.54, 1.807) is 0 Å². The van der Waals surface area contributed by atoms with Crippen molar-refractivity contribution in [1.29, 1.82) is 0 Å². The van der Waals surface area contributed by atoms with Gasteiger partial charge in [0.05, 0.1) is 11.2 Å². The van der Waals surface area contributed by atoms with Gasteiger partial charge in [-0.05, 0) is 42.3 Å². The zero-order valence-electron chi connectivity index (χ0n) is 15.3. The largest absolute Gasteiger partial charge is 0.423 e. The van der Waals surface area contributed by atoms with Gasteiger partial charge in [-0.25, -0.2) is 9.78 Å². The van der Waals surface area contributed by atoms with Gasteiger partial charge < -0.3 is 4.42 Å². The normalized spacial score (nSPS) is 11.2. The highest BCUT2D eigenvalue weighted by atomic mass is 16.4. The standard InChI is InChI=1S/C25H17NO2/c1-16-7-9-18(10-8-16)22-15-20(17-5-3-2-4-6-17)25-19-11-14-24(27)28-23(19)13-12-21(25)26-22/h2-15H,1H3. The van der Waals surface area contributed by atoms with Crippen LogP contribution in [0.5, 0.6) is 0 Å². The summed E-state index contributed by atoms with van der Waals surface area (Å²) < 4.78 is 5.41. The van der Waals surface area contributed by atoms with Crippen molar-refractivity contribution in [3.8, 4) is 22.4 Å². The topological polar surface area (TPSA) is 43.1 Å². The molecule has 2 heterocycles. The molecule has 3 heteroatoms. The Kier molecular flexibility index (Phi) is 3.80. The predicted molar refractivity (Wildman–Crippen MR) is 113 cm³/mol. The van der Waals surface area contributed by atoms with Crippen LogP contribution in [0.1, 0.15) is 5.56 Å². The highest BCUT2D eigenvalue weighted by molar-refractivity contribution is 6.12. The van der Waals surface area contributed by atoms with Gasteiger partial charge in [-0.2, -0.15) is 0 Å². The minimum absolute atomic E-state index is 0.350. The van der Waals surface area contributed by atoms with Crippen molar-refractivity contribution >= 4 is 21.9 Å². The van der Waals surface area contributed by atoms with Gasteiger partial charge in [-0.1, -0.05) is 60.2 Å². The Hall–Kier alpha value is -3.72. The summed E-state index contributed by atoms with van der Waals surface area (Å²) >= 11 is 0. The molecule has 3 aromatic carbocycles. The van der Waals surface area contributed by atoms with E-state index >= 15 is 0 Å². The Bertz CT molecular complexity index is 1370. The summed E-state index contributed by atoms with van der Waals surface area (Å²) in [5.41, 5.74) is 6.47. The first-order chi connectivity index (χ1) is 13.7. The third-order valence-electron chi connectivity index (χ3n) is 5.00. The van der Waals surface area contributed by atoms with Crippen molar-refractivity contribution in [2.45, 2.75) is 6.92 Å². The van der Waals surface area contributed by atoms with Crippen LogP contribution in [0.4, 0.5) is 0 Å². The molecule has 0 radical (unpaired) electrons.